The van der Waals surface area contributed by atoms with Crippen LogP contribution in [0.4, 0.5) is 5.82 Å². The van der Waals surface area contributed by atoms with Crippen molar-refractivity contribution in [3.63, 3.8) is 0 Å². The zero-order valence-corrected chi connectivity index (χ0v) is 17.2. The summed E-state index contributed by atoms with van der Waals surface area (Å²) in [6.45, 7) is 3.55. The third-order valence-corrected chi connectivity index (χ3v) is 5.52. The summed E-state index contributed by atoms with van der Waals surface area (Å²) in [5, 5.41) is 1.05. The van der Waals surface area contributed by atoms with Gasteiger partial charge in [-0.1, -0.05) is 30.3 Å². The molecule has 0 fully saturated rings. The fourth-order valence-electron chi connectivity index (χ4n) is 3.91. The molecule has 150 valence electrons. The highest BCUT2D eigenvalue weighted by Gasteiger charge is 2.23. The molecule has 1 aliphatic rings. The lowest BCUT2D eigenvalue weighted by atomic mass is 10.1. The molecule has 0 saturated heterocycles. The summed E-state index contributed by atoms with van der Waals surface area (Å²) in [6, 6.07) is 16.1. The Hall–Kier alpha value is -3.67. The van der Waals surface area contributed by atoms with Crippen LogP contribution in [0.2, 0.25) is 0 Å². The van der Waals surface area contributed by atoms with Gasteiger partial charge in [0.2, 0.25) is 0 Å². The fraction of sp³-hybridized carbons (Fsp3) is 0.208. The van der Waals surface area contributed by atoms with Crippen molar-refractivity contribution in [2.75, 3.05) is 19.1 Å². The van der Waals surface area contributed by atoms with E-state index in [0.29, 0.717) is 18.0 Å². The van der Waals surface area contributed by atoms with E-state index in [4.69, 9.17) is 19.4 Å². The molecule has 0 aliphatic carbocycles. The first-order chi connectivity index (χ1) is 14.7. The Morgan fingerprint density at radius 3 is 2.43 bits per heavy atom. The maximum atomic E-state index is 5.46. The van der Waals surface area contributed by atoms with Crippen LogP contribution in [0.1, 0.15) is 16.8 Å². The summed E-state index contributed by atoms with van der Waals surface area (Å²) >= 11 is 0. The van der Waals surface area contributed by atoms with Crippen LogP contribution in [0.5, 0.6) is 11.5 Å². The smallest absolute Gasteiger partial charge is 0.162 e. The molecular weight excluding hydrogens is 376 g/mol. The van der Waals surface area contributed by atoms with Crippen molar-refractivity contribution >= 4 is 16.7 Å². The average Bonchev–Trinajstić information content (AvgIpc) is 3.22. The minimum atomic E-state index is 0.678. The number of nitrogens with zero attached hydrogens (tertiary/aromatic N) is 4. The molecule has 4 aromatic rings. The summed E-state index contributed by atoms with van der Waals surface area (Å²) in [7, 11) is 3.29. The lowest BCUT2D eigenvalue weighted by Gasteiger charge is -2.18. The molecule has 0 saturated carbocycles. The van der Waals surface area contributed by atoms with E-state index < -0.39 is 0 Å². The molecule has 0 bridgehead atoms. The number of pyridine rings is 1. The maximum absolute atomic E-state index is 5.46. The lowest BCUT2D eigenvalue weighted by Crippen LogP contribution is -2.16. The van der Waals surface area contributed by atoms with Crippen LogP contribution < -0.4 is 14.4 Å². The normalized spacial score (nSPS) is 12.8. The number of aryl methyl sites for hydroxylation is 1. The molecule has 30 heavy (non-hydrogen) atoms. The van der Waals surface area contributed by atoms with Crippen LogP contribution >= 0.6 is 0 Å². The summed E-state index contributed by atoms with van der Waals surface area (Å²) in [6.07, 6.45) is 1.94. The molecule has 6 heteroatoms. The number of ether oxygens (including phenoxy) is 2. The van der Waals surface area contributed by atoms with Gasteiger partial charge in [0.15, 0.2) is 17.3 Å². The number of aromatic nitrogens is 3. The molecule has 0 spiro atoms. The maximum Gasteiger partial charge on any atom is 0.162 e. The van der Waals surface area contributed by atoms with E-state index in [2.05, 4.69) is 22.9 Å². The van der Waals surface area contributed by atoms with E-state index in [1.807, 2.05) is 48.7 Å². The van der Waals surface area contributed by atoms with Gasteiger partial charge in [0.05, 0.1) is 32.0 Å². The molecule has 1 aliphatic heterocycles. The molecule has 5 rings (SSSR count). The van der Waals surface area contributed by atoms with Gasteiger partial charge in [0, 0.05) is 35.3 Å². The zero-order chi connectivity index (χ0) is 20.7. The van der Waals surface area contributed by atoms with Crippen molar-refractivity contribution in [2.24, 2.45) is 0 Å². The average molecular weight is 398 g/mol. The van der Waals surface area contributed by atoms with Crippen molar-refractivity contribution in [3.05, 3.63) is 71.5 Å². The third kappa shape index (κ3) is 3.10. The molecular formula is C24H22N4O2. The lowest BCUT2D eigenvalue weighted by molar-refractivity contribution is 0.356. The number of hydrogen-bond donors (Lipinski definition) is 0. The summed E-state index contributed by atoms with van der Waals surface area (Å²) in [5.41, 5.74) is 5.24. The van der Waals surface area contributed by atoms with Gasteiger partial charge in [-0.2, -0.15) is 0 Å². The number of rotatable bonds is 4. The van der Waals surface area contributed by atoms with Crippen molar-refractivity contribution in [2.45, 2.75) is 20.0 Å². The van der Waals surface area contributed by atoms with E-state index in [1.54, 1.807) is 14.2 Å². The Kier molecular flexibility index (Phi) is 4.47. The predicted octanol–water partition coefficient (Wildman–Crippen LogP) is 4.54. The molecule has 0 radical (unpaired) electrons. The second-order valence-electron chi connectivity index (χ2n) is 7.41. The van der Waals surface area contributed by atoms with E-state index >= 15 is 0 Å². The first kappa shape index (κ1) is 18.4. The number of methoxy groups -OCH3 is 2. The van der Waals surface area contributed by atoms with Gasteiger partial charge in [-0.25, -0.2) is 15.0 Å². The predicted molar refractivity (Wildman–Crippen MR) is 117 cm³/mol. The number of anilines is 1. The monoisotopic (exact) mass is 398 g/mol. The van der Waals surface area contributed by atoms with Crippen molar-refractivity contribution in [1.82, 2.24) is 15.0 Å². The van der Waals surface area contributed by atoms with Crippen LogP contribution in [0.15, 0.2) is 54.7 Å². The molecule has 2 aromatic carbocycles. The van der Waals surface area contributed by atoms with Crippen LogP contribution in [0.25, 0.3) is 22.3 Å². The Labute approximate surface area is 175 Å². The molecule has 3 heterocycles. The number of hydrogen-bond acceptors (Lipinski definition) is 6. The number of benzene rings is 2. The van der Waals surface area contributed by atoms with Gasteiger partial charge < -0.3 is 14.4 Å². The van der Waals surface area contributed by atoms with E-state index in [9.17, 15) is 0 Å². The van der Waals surface area contributed by atoms with E-state index in [-0.39, 0.29) is 0 Å². The largest absolute Gasteiger partial charge is 0.493 e. The van der Waals surface area contributed by atoms with E-state index in [1.165, 1.54) is 0 Å². The van der Waals surface area contributed by atoms with Crippen LogP contribution in [-0.2, 0) is 13.1 Å². The van der Waals surface area contributed by atoms with Crippen LogP contribution in [0.3, 0.4) is 0 Å². The second-order valence-corrected chi connectivity index (χ2v) is 7.41. The summed E-state index contributed by atoms with van der Waals surface area (Å²) < 4.78 is 10.9. The second kappa shape index (κ2) is 7.30. The zero-order valence-electron chi connectivity index (χ0n) is 17.2. The van der Waals surface area contributed by atoms with Crippen LogP contribution in [-0.4, -0.2) is 29.2 Å². The SMILES string of the molecule is COc1cc2nc(N3Cc4cnc(-c5ccccc5)nc4C3)cc(C)c2cc1OC. The highest BCUT2D eigenvalue weighted by atomic mass is 16.5. The highest BCUT2D eigenvalue weighted by molar-refractivity contribution is 5.87. The molecule has 2 aromatic heterocycles. The first-order valence-electron chi connectivity index (χ1n) is 9.85. The standard InChI is InChI=1S/C24H22N4O2/c1-15-9-23(26-19-11-22(30-3)21(29-2)10-18(15)19)28-13-17-12-25-24(27-20(17)14-28)16-7-5-4-6-8-16/h4-12H,13-14H2,1-3H3. The quantitative estimate of drug-likeness (QED) is 0.503. The van der Waals surface area contributed by atoms with Crippen molar-refractivity contribution < 1.29 is 9.47 Å². The van der Waals surface area contributed by atoms with Crippen molar-refractivity contribution in [1.29, 1.82) is 0 Å². The van der Waals surface area contributed by atoms with Gasteiger partial charge >= 0.3 is 0 Å². The third-order valence-electron chi connectivity index (χ3n) is 5.52. The minimum absolute atomic E-state index is 0.678. The molecule has 6 nitrogen and oxygen atoms in total. The Morgan fingerprint density at radius 2 is 1.67 bits per heavy atom. The fourth-order valence-corrected chi connectivity index (χ4v) is 3.91. The van der Waals surface area contributed by atoms with Gasteiger partial charge in [-0.3, -0.25) is 0 Å². The van der Waals surface area contributed by atoms with Gasteiger partial charge in [0.1, 0.15) is 5.82 Å². The first-order valence-corrected chi connectivity index (χ1v) is 9.85. The Morgan fingerprint density at radius 1 is 0.900 bits per heavy atom. The topological polar surface area (TPSA) is 60.4 Å². The summed E-state index contributed by atoms with van der Waals surface area (Å²) in [4.78, 5) is 16.5. The van der Waals surface area contributed by atoms with E-state index in [0.717, 1.165) is 51.5 Å². The van der Waals surface area contributed by atoms with Gasteiger partial charge in [-0.15, -0.1) is 0 Å². The minimum Gasteiger partial charge on any atom is -0.493 e. The molecule has 0 N–H and O–H groups in total. The number of fused-ring (bicyclic) bond motifs is 2. The Bertz CT molecular complexity index is 1240. The molecule has 0 amide bonds. The van der Waals surface area contributed by atoms with Crippen LogP contribution in [0, 0.1) is 6.92 Å². The van der Waals surface area contributed by atoms with Gasteiger partial charge in [-0.05, 0) is 24.6 Å². The highest BCUT2D eigenvalue weighted by Crippen LogP contribution is 2.35. The van der Waals surface area contributed by atoms with Crippen molar-refractivity contribution in [3.8, 4) is 22.9 Å². The molecule has 0 unspecified atom stereocenters. The Balaban J connectivity index is 1.49. The molecule has 0 atom stereocenters. The van der Waals surface area contributed by atoms with Gasteiger partial charge in [0.25, 0.3) is 0 Å². The summed E-state index contributed by atoms with van der Waals surface area (Å²) in [5.74, 6) is 3.07.